The number of ketones is 2. The van der Waals surface area contributed by atoms with Gasteiger partial charge in [-0.15, -0.1) is 0 Å². The van der Waals surface area contributed by atoms with Gasteiger partial charge in [0.2, 0.25) is 17.3 Å². The molecule has 19 nitrogen and oxygen atoms in total. The number of ether oxygens (including phenoxy) is 1. The molecular weight excluding hydrogens is 1010 g/mol. The van der Waals surface area contributed by atoms with Crippen molar-refractivity contribution in [2.24, 2.45) is 20.4 Å². The molecule has 2 aromatic carbocycles. The summed E-state index contributed by atoms with van der Waals surface area (Å²) < 4.78 is 7.70. The molecule has 2 N–H and O–H groups in total. The van der Waals surface area contributed by atoms with Crippen molar-refractivity contribution in [3.05, 3.63) is 153 Å². The number of allylic oxidation sites excluding steroid dienone is 7. The molecule has 2 aliphatic heterocycles. The Morgan fingerprint density at radius 2 is 1.29 bits per heavy atom. The molecule has 2 aromatic heterocycles. The fourth-order valence-electron chi connectivity index (χ4n) is 6.29. The molecule has 345 valence electrons. The molecule has 0 amide bonds. The Labute approximate surface area is 407 Å². The van der Waals surface area contributed by atoms with E-state index in [0.717, 1.165) is 90.7 Å². The maximum Gasteiger partial charge on any atom is 0.319 e. The van der Waals surface area contributed by atoms with Gasteiger partial charge >= 0.3 is 10.0 Å². The van der Waals surface area contributed by atoms with Gasteiger partial charge in [0, 0.05) is 92.4 Å². The van der Waals surface area contributed by atoms with Gasteiger partial charge in [-0.2, -0.15) is 4.58 Å². The predicted molar refractivity (Wildman–Crippen MR) is 248 cm³/mol. The quantitative estimate of drug-likeness (QED) is 0.0827. The van der Waals surface area contributed by atoms with Gasteiger partial charge < -0.3 is 40.0 Å². The number of aliphatic hydroxyl groups excluding tert-OH is 2. The maximum absolute atomic E-state index is 11.1. The van der Waals surface area contributed by atoms with Crippen molar-refractivity contribution in [3.8, 4) is 0 Å². The van der Waals surface area contributed by atoms with Crippen LogP contribution in [0, 0.1) is 20.2 Å². The molecule has 0 atom stereocenters. The van der Waals surface area contributed by atoms with E-state index in [0.29, 0.717) is 0 Å². The Hall–Kier alpha value is -6.11. The minimum absolute atomic E-state index is 0. The minimum atomic E-state index is -0.600. The molecule has 1 radical (unpaired) electrons. The van der Waals surface area contributed by atoms with Crippen LogP contribution >= 0.6 is 57.5 Å². The summed E-state index contributed by atoms with van der Waals surface area (Å²) in [6.45, 7) is 8.07. The summed E-state index contributed by atoms with van der Waals surface area (Å²) in [7, 11) is 2.13. The first kappa shape index (κ1) is 50.9. The fraction of sp³-hybridized carbons (Fsp3) is 0.195. The predicted octanol–water partition coefficient (Wildman–Crippen LogP) is 6.93. The molecule has 4 heterocycles. The standard InChI is InChI=1S/C23H26ClN2O.2C9H5ClN4O4S.Co/c1-23(2)20-16-18(24)7-10-21(20)25(3)22(23)11-6-17-4-8-19(9-5-17)26-12-14-27-15-13-26;2*10-4-1-5(7(16)2-6(4)15)12-13-9-11-3-8(19-9)14(17)18;/h4-11,16H,12-15H2,1-3H3;2*1-3H,(H2,11,13,15,16);/q+1;;;/p-2. The van der Waals surface area contributed by atoms with Crippen molar-refractivity contribution in [1.29, 1.82) is 0 Å². The van der Waals surface area contributed by atoms with Crippen LogP contribution in [0.3, 0.4) is 0 Å². The van der Waals surface area contributed by atoms with Crippen LogP contribution in [0.5, 0.6) is 0 Å². The van der Waals surface area contributed by atoms with Crippen LogP contribution < -0.4 is 24.5 Å². The van der Waals surface area contributed by atoms with Crippen molar-refractivity contribution in [2.75, 3.05) is 38.3 Å². The number of nitro groups is 2. The number of morpholine rings is 1. The van der Waals surface area contributed by atoms with Gasteiger partial charge in [0.15, 0.2) is 5.71 Å². The number of fused-ring (bicyclic) bond motifs is 1. The Kier molecular flexibility index (Phi) is 17.3. The third-order valence-electron chi connectivity index (χ3n) is 9.57. The van der Waals surface area contributed by atoms with Gasteiger partial charge in [-0.3, -0.25) is 40.0 Å². The Morgan fingerprint density at radius 1 is 0.788 bits per heavy atom. The number of thiazole rings is 2. The summed E-state index contributed by atoms with van der Waals surface area (Å²) >= 11 is 18.9. The molecule has 66 heavy (non-hydrogen) atoms. The Balaban J connectivity index is 0.000000189. The van der Waals surface area contributed by atoms with E-state index < -0.39 is 21.4 Å². The van der Waals surface area contributed by atoms with E-state index in [1.165, 1.54) is 28.2 Å². The number of nitrogens with zero attached hydrogens (tertiary/aromatic N) is 10. The molecule has 0 unspecified atom stereocenters. The van der Waals surface area contributed by atoms with Crippen molar-refractivity contribution in [3.63, 3.8) is 0 Å². The van der Waals surface area contributed by atoms with Gasteiger partial charge in [-0.25, -0.2) is 0 Å². The van der Waals surface area contributed by atoms with E-state index in [2.05, 4.69) is 109 Å². The minimum Gasteiger partial charge on any atom is -0.506 e. The largest absolute Gasteiger partial charge is 0.506 e. The molecule has 2 aliphatic carbocycles. The molecule has 0 saturated carbocycles. The van der Waals surface area contributed by atoms with Crippen molar-refractivity contribution in [1.82, 2.24) is 9.97 Å². The number of anilines is 1. The van der Waals surface area contributed by atoms with Crippen LogP contribution in [0.4, 0.5) is 21.4 Å². The zero-order valence-electron chi connectivity index (χ0n) is 34.5. The van der Waals surface area contributed by atoms with Crippen molar-refractivity contribution >= 4 is 114 Å². The Morgan fingerprint density at radius 3 is 1.76 bits per heavy atom. The zero-order chi connectivity index (χ0) is 47.0. The molecule has 1 saturated heterocycles. The Bertz CT molecular complexity index is 2850. The second-order valence-electron chi connectivity index (χ2n) is 14.2. The van der Waals surface area contributed by atoms with E-state index in [4.69, 9.17) is 39.5 Å². The summed E-state index contributed by atoms with van der Waals surface area (Å²) in [6.07, 6.45) is 10.6. The van der Waals surface area contributed by atoms with E-state index in [1.54, 1.807) is 0 Å². The first-order chi connectivity index (χ1) is 30.9. The van der Waals surface area contributed by atoms with Crippen molar-refractivity contribution < 1.29 is 55.7 Å². The second kappa shape index (κ2) is 22.4. The van der Waals surface area contributed by atoms with Gasteiger partial charge in [-0.05, 0) is 61.9 Å². The van der Waals surface area contributed by atoms with E-state index in [-0.39, 0.29) is 74.8 Å². The molecule has 4 aliphatic rings. The third kappa shape index (κ3) is 12.6. The number of carbonyl (C=O) groups excluding carboxylic acids is 2. The average molecular weight is 1040 g/mol. The summed E-state index contributed by atoms with van der Waals surface area (Å²) in [5.41, 5.74) is 6.13. The van der Waals surface area contributed by atoms with Gasteiger partial charge in [0.25, 0.3) is 0 Å². The van der Waals surface area contributed by atoms with Gasteiger partial charge in [-0.1, -0.05) is 69.6 Å². The second-order valence-corrected chi connectivity index (χ2v) is 17.4. The van der Waals surface area contributed by atoms with Crippen LogP contribution in [0.15, 0.2) is 127 Å². The summed E-state index contributed by atoms with van der Waals surface area (Å²) in [5.74, 6) is -1.85. The number of hydrogen-bond acceptors (Lipinski definition) is 16. The molecular formula is C41H34Cl3CoN10O9S2-. The molecule has 4 aromatic rings. The summed E-state index contributed by atoms with van der Waals surface area (Å²) in [4.78, 5) is 51.7. The number of aliphatic hydroxyl groups is 2. The molecule has 0 spiro atoms. The zero-order valence-corrected chi connectivity index (χ0v) is 39.4. The van der Waals surface area contributed by atoms with E-state index >= 15 is 0 Å². The monoisotopic (exact) mass is 1040 g/mol. The number of aromatic nitrogens is 2. The summed E-state index contributed by atoms with van der Waals surface area (Å²) in [5, 5.41) is 54.5. The molecule has 1 fully saturated rings. The van der Waals surface area contributed by atoms with E-state index in [1.807, 2.05) is 6.07 Å². The van der Waals surface area contributed by atoms with Crippen molar-refractivity contribution in [2.45, 2.75) is 19.3 Å². The van der Waals surface area contributed by atoms with Crippen LogP contribution in [-0.4, -0.2) is 86.7 Å². The van der Waals surface area contributed by atoms with Gasteiger partial charge in [0.1, 0.15) is 30.0 Å². The number of halogens is 3. The first-order valence-corrected chi connectivity index (χ1v) is 21.6. The normalized spacial score (nSPS) is 18.4. The molecule has 25 heteroatoms. The SMILES string of the molecule is C[N+]1=C(/C=C/c2ccc(N3CCOCC3)cc2)C(C)(C)c2cc(Cl)ccc21.O=C1C=C(O)C(=NN=c2[n-]cc([N+](=O)[O-])s2)C=C1Cl.O=C1C=C(O)C(=NN=c2[n-]cc([N+](=O)[O-])s2)C=C1Cl.[Co]. The smallest absolute Gasteiger partial charge is 0.319 e. The fourth-order valence-corrected chi connectivity index (χ4v) is 7.89. The first-order valence-electron chi connectivity index (χ1n) is 18.9. The number of carbonyl (C=O) groups is 2. The molecule has 8 rings (SSSR count). The number of hydrogen-bond donors (Lipinski definition) is 2. The van der Waals surface area contributed by atoms with Crippen LogP contribution in [-0.2, 0) is 36.5 Å². The maximum atomic E-state index is 11.1. The van der Waals surface area contributed by atoms with Crippen LogP contribution in [0.1, 0.15) is 25.0 Å². The number of rotatable bonds is 7. The van der Waals surface area contributed by atoms with Gasteiger partial charge in [0.05, 0.1) is 38.5 Å². The van der Waals surface area contributed by atoms with E-state index in [9.17, 15) is 40.0 Å². The third-order valence-corrected chi connectivity index (χ3v) is 12.1. The van der Waals surface area contributed by atoms with Crippen LogP contribution in [0.25, 0.3) is 6.08 Å². The molecule has 0 bridgehead atoms. The average Bonchev–Trinajstić information content (AvgIpc) is 4.01. The van der Waals surface area contributed by atoms with Crippen LogP contribution in [0.2, 0.25) is 5.02 Å². The summed E-state index contributed by atoms with van der Waals surface area (Å²) in [6, 6.07) is 14.9. The topological polar surface area (TPSA) is 254 Å². The number of benzene rings is 2.